The van der Waals surface area contributed by atoms with Crippen molar-refractivity contribution in [1.29, 1.82) is 0 Å². The van der Waals surface area contributed by atoms with Crippen molar-refractivity contribution in [3.8, 4) is 17.3 Å². The zero-order valence-corrected chi connectivity index (χ0v) is 22.6. The van der Waals surface area contributed by atoms with Crippen LogP contribution in [0.25, 0.3) is 33.5 Å². The van der Waals surface area contributed by atoms with Crippen LogP contribution in [0.4, 0.5) is 0 Å². The Kier molecular flexibility index (Phi) is 6.51. The summed E-state index contributed by atoms with van der Waals surface area (Å²) in [5.41, 5.74) is 4.19. The number of hydrogen-bond acceptors (Lipinski definition) is 5. The van der Waals surface area contributed by atoms with E-state index in [1.54, 1.807) is 12.3 Å². The maximum Gasteiger partial charge on any atom is 0.282 e. The van der Waals surface area contributed by atoms with E-state index < -0.39 is 0 Å². The predicted octanol–water partition coefficient (Wildman–Crippen LogP) is 7.18. The number of halogens is 1. The van der Waals surface area contributed by atoms with Gasteiger partial charge < -0.3 is 9.15 Å². The van der Waals surface area contributed by atoms with Gasteiger partial charge in [0.2, 0.25) is 5.82 Å². The van der Waals surface area contributed by atoms with Crippen molar-refractivity contribution in [2.75, 3.05) is 0 Å². The van der Waals surface area contributed by atoms with Crippen LogP contribution in [0.2, 0.25) is 0 Å². The highest BCUT2D eigenvalue weighted by Gasteiger charge is 2.16. The van der Waals surface area contributed by atoms with E-state index in [1.165, 1.54) is 10.2 Å². The lowest BCUT2D eigenvalue weighted by Gasteiger charge is -2.10. The van der Waals surface area contributed by atoms with Gasteiger partial charge in [-0.15, -0.1) is 0 Å². The number of fused-ring (bicyclic) bond motifs is 2. The molecule has 0 saturated carbocycles. The summed E-state index contributed by atoms with van der Waals surface area (Å²) in [5, 5.41) is 5.97. The van der Waals surface area contributed by atoms with Crippen LogP contribution in [0.3, 0.4) is 0 Å². The zero-order chi connectivity index (χ0) is 26.1. The third kappa shape index (κ3) is 4.84. The molecule has 0 aliphatic heterocycles. The number of aryl methyl sites for hydroxylation is 1. The first-order chi connectivity index (χ1) is 18.5. The molecule has 0 unspecified atom stereocenters. The average molecular weight is 611 g/mol. The molecule has 186 valence electrons. The fraction of sp³-hybridized carbons (Fsp3) is 0.0645. The zero-order valence-electron chi connectivity index (χ0n) is 20.5. The summed E-state index contributed by atoms with van der Waals surface area (Å²) in [7, 11) is 0. The number of aromatic nitrogens is 2. The Morgan fingerprint density at radius 3 is 2.58 bits per heavy atom. The summed E-state index contributed by atoms with van der Waals surface area (Å²) < 4.78 is 14.3. The van der Waals surface area contributed by atoms with Crippen molar-refractivity contribution in [2.45, 2.75) is 13.5 Å². The Balaban J connectivity index is 1.34. The maximum absolute atomic E-state index is 13.5. The largest absolute Gasteiger partial charge is 0.488 e. The molecule has 0 aliphatic rings. The van der Waals surface area contributed by atoms with Crippen LogP contribution in [0, 0.1) is 10.5 Å². The van der Waals surface area contributed by atoms with E-state index in [2.05, 4.69) is 58.9 Å². The van der Waals surface area contributed by atoms with E-state index in [0.717, 1.165) is 31.4 Å². The second-order valence-corrected chi connectivity index (χ2v) is 10.1. The maximum atomic E-state index is 13.5. The number of hydrogen-bond donors (Lipinski definition) is 0. The van der Waals surface area contributed by atoms with Gasteiger partial charge in [-0.05, 0) is 83.1 Å². The van der Waals surface area contributed by atoms with E-state index >= 15 is 0 Å². The van der Waals surface area contributed by atoms with Crippen LogP contribution in [-0.2, 0) is 6.61 Å². The summed E-state index contributed by atoms with van der Waals surface area (Å²) in [6.45, 7) is 2.55. The van der Waals surface area contributed by atoms with Crippen molar-refractivity contribution < 1.29 is 9.15 Å². The lowest BCUT2D eigenvalue weighted by molar-refractivity contribution is 0.304. The average Bonchev–Trinajstić information content (AvgIpc) is 3.37. The fourth-order valence-corrected chi connectivity index (χ4v) is 4.86. The molecule has 0 radical (unpaired) electrons. The number of para-hydroxylation sites is 2. The monoisotopic (exact) mass is 611 g/mol. The molecule has 2 heterocycles. The third-order valence-corrected chi connectivity index (χ3v) is 7.04. The van der Waals surface area contributed by atoms with Gasteiger partial charge >= 0.3 is 0 Å². The number of nitrogens with zero attached hydrogens (tertiary/aromatic N) is 3. The molecular formula is C31H22IN3O3. The fourth-order valence-electron chi connectivity index (χ4n) is 4.17. The number of benzene rings is 4. The van der Waals surface area contributed by atoms with Gasteiger partial charge in [0, 0.05) is 5.39 Å². The lowest BCUT2D eigenvalue weighted by atomic mass is 10.2. The summed E-state index contributed by atoms with van der Waals surface area (Å²) in [5.74, 6) is 1.60. The molecular weight excluding hydrogens is 589 g/mol. The summed E-state index contributed by atoms with van der Waals surface area (Å²) in [4.78, 5) is 18.2. The standard InChI is InChI=1S/C31H22IN3O3/c1-20-10-12-21(13-11-20)19-37-28-15-14-22(16-25(28)32)18-33-35-30(29-17-23-6-2-5-9-27(23)38-29)34-26-8-4-3-7-24(26)31(35)36/h2-18H,19H2,1H3. The Labute approximate surface area is 232 Å². The minimum atomic E-state index is -0.268. The highest BCUT2D eigenvalue weighted by Crippen LogP contribution is 2.27. The molecule has 2 aromatic heterocycles. The SMILES string of the molecule is Cc1ccc(COc2ccc(C=Nn3c(-c4cc5ccccc5o4)nc4ccccc4c3=O)cc2I)cc1. The Morgan fingerprint density at radius 1 is 0.974 bits per heavy atom. The second-order valence-electron chi connectivity index (χ2n) is 8.93. The molecule has 0 saturated heterocycles. The Bertz CT molecular complexity index is 1840. The lowest BCUT2D eigenvalue weighted by Crippen LogP contribution is -2.20. The number of ether oxygens (including phenoxy) is 1. The quantitative estimate of drug-likeness (QED) is 0.148. The first-order valence-corrected chi connectivity index (χ1v) is 13.2. The van der Waals surface area contributed by atoms with Crippen LogP contribution >= 0.6 is 22.6 Å². The van der Waals surface area contributed by atoms with E-state index in [9.17, 15) is 4.79 Å². The molecule has 6 rings (SSSR count). The summed E-state index contributed by atoms with van der Waals surface area (Å²) in [6.07, 6.45) is 1.65. The third-order valence-electron chi connectivity index (χ3n) is 6.19. The van der Waals surface area contributed by atoms with Gasteiger partial charge in [0.15, 0.2) is 5.76 Å². The Morgan fingerprint density at radius 2 is 1.76 bits per heavy atom. The molecule has 0 bridgehead atoms. The molecule has 0 amide bonds. The minimum absolute atomic E-state index is 0.268. The molecule has 6 aromatic rings. The van der Waals surface area contributed by atoms with E-state index in [1.807, 2.05) is 66.7 Å². The van der Waals surface area contributed by atoms with Gasteiger partial charge in [-0.1, -0.05) is 60.2 Å². The number of furan rings is 1. The molecule has 0 atom stereocenters. The minimum Gasteiger partial charge on any atom is -0.488 e. The van der Waals surface area contributed by atoms with Crippen LogP contribution in [0.15, 0.2) is 111 Å². The molecule has 7 heteroatoms. The predicted molar refractivity (Wildman–Crippen MR) is 159 cm³/mol. The molecule has 6 nitrogen and oxygen atoms in total. The molecule has 4 aromatic carbocycles. The number of rotatable bonds is 6. The summed E-state index contributed by atoms with van der Waals surface area (Å²) in [6, 6.07) is 30.9. The second kappa shape index (κ2) is 10.3. The van der Waals surface area contributed by atoms with Crippen LogP contribution in [-0.4, -0.2) is 15.9 Å². The van der Waals surface area contributed by atoms with Gasteiger partial charge in [-0.25, -0.2) is 4.98 Å². The van der Waals surface area contributed by atoms with Crippen molar-refractivity contribution >= 4 is 50.7 Å². The molecule has 38 heavy (non-hydrogen) atoms. The topological polar surface area (TPSA) is 69.6 Å². The van der Waals surface area contributed by atoms with Crippen LogP contribution < -0.4 is 10.3 Å². The smallest absolute Gasteiger partial charge is 0.282 e. The van der Waals surface area contributed by atoms with Gasteiger partial charge in [0.25, 0.3) is 5.56 Å². The van der Waals surface area contributed by atoms with Crippen molar-refractivity contribution in [3.05, 3.63) is 128 Å². The first kappa shape index (κ1) is 24.1. The summed E-state index contributed by atoms with van der Waals surface area (Å²) >= 11 is 2.25. The molecule has 0 fully saturated rings. The van der Waals surface area contributed by atoms with Crippen molar-refractivity contribution in [3.63, 3.8) is 0 Å². The van der Waals surface area contributed by atoms with Gasteiger partial charge in [0.05, 0.1) is 20.7 Å². The van der Waals surface area contributed by atoms with E-state index in [0.29, 0.717) is 29.1 Å². The first-order valence-electron chi connectivity index (χ1n) is 12.1. The van der Waals surface area contributed by atoms with Gasteiger partial charge in [-0.3, -0.25) is 4.79 Å². The van der Waals surface area contributed by atoms with Crippen LogP contribution in [0.1, 0.15) is 16.7 Å². The normalized spacial score (nSPS) is 11.5. The highest BCUT2D eigenvalue weighted by molar-refractivity contribution is 14.1. The van der Waals surface area contributed by atoms with E-state index in [4.69, 9.17) is 14.1 Å². The van der Waals surface area contributed by atoms with Gasteiger partial charge in [-0.2, -0.15) is 9.78 Å². The van der Waals surface area contributed by atoms with Crippen LogP contribution in [0.5, 0.6) is 5.75 Å². The Hall–Kier alpha value is -4.24. The van der Waals surface area contributed by atoms with Gasteiger partial charge in [0.1, 0.15) is 17.9 Å². The molecule has 0 aliphatic carbocycles. The van der Waals surface area contributed by atoms with Crippen molar-refractivity contribution in [2.24, 2.45) is 5.10 Å². The molecule has 0 spiro atoms. The molecule has 0 N–H and O–H groups in total. The van der Waals surface area contributed by atoms with Crippen molar-refractivity contribution in [1.82, 2.24) is 9.66 Å². The highest BCUT2D eigenvalue weighted by atomic mass is 127. The van der Waals surface area contributed by atoms with E-state index in [-0.39, 0.29) is 5.56 Å².